The Morgan fingerprint density at radius 2 is 1.86 bits per heavy atom. The Balaban J connectivity index is 2.15. The van der Waals surface area contributed by atoms with Gasteiger partial charge in [-0.15, -0.1) is 11.3 Å². The zero-order valence-electron chi connectivity index (χ0n) is 12.4. The van der Waals surface area contributed by atoms with E-state index >= 15 is 0 Å². The molecule has 0 aliphatic heterocycles. The molecule has 0 amide bonds. The molecule has 21 heavy (non-hydrogen) atoms. The first-order chi connectivity index (χ1) is 9.80. The summed E-state index contributed by atoms with van der Waals surface area (Å²) < 4.78 is 26.4. The topological polar surface area (TPSA) is 63.4 Å². The molecule has 0 aliphatic rings. The second-order valence-corrected chi connectivity index (χ2v) is 8.54. The molecular formula is C15H20N2O2S2. The molecule has 0 spiro atoms. The minimum atomic E-state index is -3.47. The fourth-order valence-electron chi connectivity index (χ4n) is 1.97. The van der Waals surface area contributed by atoms with Gasteiger partial charge in [0.1, 0.15) is 4.21 Å². The van der Waals surface area contributed by atoms with E-state index in [9.17, 15) is 8.42 Å². The van der Waals surface area contributed by atoms with Crippen molar-refractivity contribution in [1.82, 2.24) is 4.31 Å². The number of nitrogens with zero attached hydrogens (tertiary/aromatic N) is 1. The number of thiophene rings is 1. The van der Waals surface area contributed by atoms with Crippen LogP contribution in [-0.2, 0) is 16.6 Å². The van der Waals surface area contributed by atoms with Crippen molar-refractivity contribution in [3.8, 4) is 0 Å². The van der Waals surface area contributed by atoms with E-state index in [1.807, 2.05) is 24.3 Å². The van der Waals surface area contributed by atoms with Crippen molar-refractivity contribution in [2.24, 2.45) is 0 Å². The summed E-state index contributed by atoms with van der Waals surface area (Å²) in [6.07, 6.45) is 0. The highest BCUT2D eigenvalue weighted by Crippen LogP contribution is 2.25. The van der Waals surface area contributed by atoms with E-state index in [0.29, 0.717) is 18.2 Å². The van der Waals surface area contributed by atoms with Crippen LogP contribution in [0.4, 0.5) is 5.69 Å². The van der Waals surface area contributed by atoms with E-state index in [-0.39, 0.29) is 4.21 Å². The number of hydrogen-bond donors (Lipinski definition) is 1. The van der Waals surface area contributed by atoms with E-state index < -0.39 is 10.0 Å². The number of rotatable bonds is 5. The zero-order chi connectivity index (χ0) is 15.6. The molecule has 1 heterocycles. The van der Waals surface area contributed by atoms with Crippen LogP contribution in [0.5, 0.6) is 0 Å². The van der Waals surface area contributed by atoms with Crippen molar-refractivity contribution < 1.29 is 8.42 Å². The quantitative estimate of drug-likeness (QED) is 0.918. The summed E-state index contributed by atoms with van der Waals surface area (Å²) in [7, 11) is -1.89. The van der Waals surface area contributed by atoms with E-state index in [2.05, 4.69) is 13.8 Å². The fraction of sp³-hybridized carbons (Fsp3) is 0.333. The number of nitrogens with two attached hydrogens (primary N) is 1. The smallest absolute Gasteiger partial charge is 0.252 e. The molecule has 2 rings (SSSR count). The number of anilines is 1. The standard InChI is InChI=1S/C15H20N2O2S2/c1-11(2)13-6-4-12(5-7-13)9-17(3)21(18,19)15-8-14(16)10-20-15/h4-8,10-11H,9,16H2,1-3H3. The average molecular weight is 324 g/mol. The maximum Gasteiger partial charge on any atom is 0.252 e. The predicted molar refractivity (Wildman–Crippen MR) is 87.9 cm³/mol. The summed E-state index contributed by atoms with van der Waals surface area (Å²) in [5.41, 5.74) is 8.29. The van der Waals surface area contributed by atoms with Gasteiger partial charge in [0.2, 0.25) is 0 Å². The molecule has 0 atom stereocenters. The fourth-order valence-corrected chi connectivity index (χ4v) is 4.42. The molecule has 0 bridgehead atoms. The monoisotopic (exact) mass is 324 g/mol. The Morgan fingerprint density at radius 3 is 2.33 bits per heavy atom. The van der Waals surface area contributed by atoms with Gasteiger partial charge in [0.05, 0.1) is 0 Å². The largest absolute Gasteiger partial charge is 0.398 e. The van der Waals surface area contributed by atoms with E-state index in [4.69, 9.17) is 5.73 Å². The van der Waals surface area contributed by atoms with Gasteiger partial charge in [0.25, 0.3) is 10.0 Å². The lowest BCUT2D eigenvalue weighted by molar-refractivity contribution is 0.468. The lowest BCUT2D eigenvalue weighted by Gasteiger charge is -2.16. The van der Waals surface area contributed by atoms with Crippen molar-refractivity contribution in [1.29, 1.82) is 0 Å². The third kappa shape index (κ3) is 3.64. The lowest BCUT2D eigenvalue weighted by Crippen LogP contribution is -2.25. The molecule has 114 valence electrons. The lowest BCUT2D eigenvalue weighted by atomic mass is 10.0. The van der Waals surface area contributed by atoms with Gasteiger partial charge in [-0.2, -0.15) is 4.31 Å². The summed E-state index contributed by atoms with van der Waals surface area (Å²) in [5.74, 6) is 0.467. The van der Waals surface area contributed by atoms with Gasteiger partial charge >= 0.3 is 0 Å². The summed E-state index contributed by atoms with van der Waals surface area (Å²) in [4.78, 5) is 0. The van der Waals surface area contributed by atoms with Crippen LogP contribution in [0.3, 0.4) is 0 Å². The van der Waals surface area contributed by atoms with Gasteiger partial charge in [-0.05, 0) is 23.1 Å². The van der Waals surface area contributed by atoms with Crippen LogP contribution in [0.15, 0.2) is 39.9 Å². The van der Waals surface area contributed by atoms with Crippen molar-refractivity contribution in [2.75, 3.05) is 12.8 Å². The molecule has 1 aromatic carbocycles. The molecule has 0 saturated carbocycles. The van der Waals surface area contributed by atoms with Crippen molar-refractivity contribution >= 4 is 27.0 Å². The van der Waals surface area contributed by atoms with Crippen LogP contribution in [0, 0.1) is 0 Å². The first kappa shape index (κ1) is 16.0. The third-order valence-electron chi connectivity index (χ3n) is 3.31. The van der Waals surface area contributed by atoms with Crippen LogP contribution in [0.25, 0.3) is 0 Å². The van der Waals surface area contributed by atoms with Crippen LogP contribution >= 0.6 is 11.3 Å². The first-order valence-corrected chi connectivity index (χ1v) is 9.02. The maximum atomic E-state index is 12.4. The van der Waals surface area contributed by atoms with Gasteiger partial charge in [0.15, 0.2) is 0 Å². The number of hydrogen-bond acceptors (Lipinski definition) is 4. The average Bonchev–Trinajstić information content (AvgIpc) is 2.86. The minimum absolute atomic E-state index is 0.279. The van der Waals surface area contributed by atoms with Gasteiger partial charge in [0, 0.05) is 24.7 Å². The Hall–Kier alpha value is -1.37. The molecule has 0 aliphatic carbocycles. The summed E-state index contributed by atoms with van der Waals surface area (Å²) in [6.45, 7) is 4.61. The Labute approximate surface area is 130 Å². The van der Waals surface area contributed by atoms with Crippen molar-refractivity contribution in [3.05, 3.63) is 46.8 Å². The van der Waals surface area contributed by atoms with E-state index in [0.717, 1.165) is 16.9 Å². The molecule has 2 N–H and O–H groups in total. The second kappa shape index (κ2) is 6.17. The molecule has 0 radical (unpaired) electrons. The SMILES string of the molecule is CC(C)c1ccc(CN(C)S(=O)(=O)c2cc(N)cs2)cc1. The summed E-state index contributed by atoms with van der Waals surface area (Å²) in [5, 5.41) is 1.64. The normalized spacial score (nSPS) is 12.2. The molecule has 0 fully saturated rings. The highest BCUT2D eigenvalue weighted by molar-refractivity contribution is 7.91. The van der Waals surface area contributed by atoms with Crippen molar-refractivity contribution in [2.45, 2.75) is 30.5 Å². The first-order valence-electron chi connectivity index (χ1n) is 6.70. The Bertz CT molecular complexity index is 704. The second-order valence-electron chi connectivity index (χ2n) is 5.36. The van der Waals surface area contributed by atoms with Crippen molar-refractivity contribution in [3.63, 3.8) is 0 Å². The highest BCUT2D eigenvalue weighted by Gasteiger charge is 2.22. The molecule has 6 heteroatoms. The predicted octanol–water partition coefficient (Wildman–Crippen LogP) is 3.27. The highest BCUT2D eigenvalue weighted by atomic mass is 32.2. The number of benzene rings is 1. The minimum Gasteiger partial charge on any atom is -0.398 e. The van der Waals surface area contributed by atoms with Gasteiger partial charge in [-0.3, -0.25) is 0 Å². The molecular weight excluding hydrogens is 304 g/mol. The van der Waals surface area contributed by atoms with Crippen LogP contribution in [0.1, 0.15) is 30.9 Å². The Kier molecular flexibility index (Phi) is 4.70. The van der Waals surface area contributed by atoms with Gasteiger partial charge < -0.3 is 5.73 Å². The summed E-state index contributed by atoms with van der Waals surface area (Å²) in [6, 6.07) is 9.54. The number of sulfonamides is 1. The van der Waals surface area contributed by atoms with Crippen LogP contribution in [-0.4, -0.2) is 19.8 Å². The molecule has 1 aromatic heterocycles. The molecule has 2 aromatic rings. The van der Waals surface area contributed by atoms with Crippen LogP contribution in [0.2, 0.25) is 0 Å². The third-order valence-corrected chi connectivity index (χ3v) is 6.55. The molecule has 4 nitrogen and oxygen atoms in total. The summed E-state index contributed by atoms with van der Waals surface area (Å²) >= 11 is 1.15. The van der Waals surface area contributed by atoms with E-state index in [1.165, 1.54) is 15.9 Å². The van der Waals surface area contributed by atoms with Gasteiger partial charge in [-0.1, -0.05) is 38.1 Å². The van der Waals surface area contributed by atoms with E-state index in [1.54, 1.807) is 12.4 Å². The zero-order valence-corrected chi connectivity index (χ0v) is 14.0. The van der Waals surface area contributed by atoms with Gasteiger partial charge in [-0.25, -0.2) is 8.42 Å². The Morgan fingerprint density at radius 1 is 1.24 bits per heavy atom. The number of nitrogen functional groups attached to an aromatic ring is 1. The molecule has 0 saturated heterocycles. The van der Waals surface area contributed by atoms with Crippen LogP contribution < -0.4 is 5.73 Å². The molecule has 0 unspecified atom stereocenters. The maximum absolute atomic E-state index is 12.4.